The molecule has 0 aromatic carbocycles. The Bertz CT molecular complexity index is 396. The van der Waals surface area contributed by atoms with E-state index in [1.54, 1.807) is 7.11 Å². The van der Waals surface area contributed by atoms with Gasteiger partial charge in [0.1, 0.15) is 6.61 Å². The second kappa shape index (κ2) is 5.83. The summed E-state index contributed by atoms with van der Waals surface area (Å²) in [5.41, 5.74) is 0.125. The molecule has 3 aliphatic heterocycles. The van der Waals surface area contributed by atoms with Crippen LogP contribution in [-0.4, -0.2) is 97.9 Å². The molecule has 3 fully saturated rings. The van der Waals surface area contributed by atoms with Gasteiger partial charge in [0.25, 0.3) is 0 Å². The number of nitrogens with zero attached hydrogens (tertiary/aromatic N) is 3. The van der Waals surface area contributed by atoms with E-state index in [9.17, 15) is 4.79 Å². The first kappa shape index (κ1) is 15.2. The SMILES string of the molecule is COCC(=O)N1CC2COCCN2C2(C1)CN(C(C)C)C2. The molecule has 0 radical (unpaired) electrons. The maximum Gasteiger partial charge on any atom is 0.248 e. The molecular formula is C15H27N3O3. The van der Waals surface area contributed by atoms with E-state index in [0.29, 0.717) is 12.1 Å². The van der Waals surface area contributed by atoms with Crippen LogP contribution < -0.4 is 0 Å². The van der Waals surface area contributed by atoms with Gasteiger partial charge in [0.15, 0.2) is 0 Å². The number of piperazine rings is 1. The van der Waals surface area contributed by atoms with Crippen molar-refractivity contribution in [2.75, 3.05) is 59.7 Å². The molecule has 3 rings (SSSR count). The zero-order valence-electron chi connectivity index (χ0n) is 13.4. The molecule has 120 valence electrons. The molecule has 0 aliphatic carbocycles. The highest BCUT2D eigenvalue weighted by Gasteiger charge is 2.55. The first-order chi connectivity index (χ1) is 10.1. The Morgan fingerprint density at radius 2 is 2.14 bits per heavy atom. The van der Waals surface area contributed by atoms with Crippen molar-refractivity contribution in [3.63, 3.8) is 0 Å². The third-order valence-electron chi connectivity index (χ3n) is 5.10. The highest BCUT2D eigenvalue weighted by Crippen LogP contribution is 2.36. The van der Waals surface area contributed by atoms with Crippen molar-refractivity contribution in [2.24, 2.45) is 0 Å². The van der Waals surface area contributed by atoms with Gasteiger partial charge in [-0.15, -0.1) is 0 Å². The third kappa shape index (κ3) is 2.70. The monoisotopic (exact) mass is 297 g/mol. The lowest BCUT2D eigenvalue weighted by Crippen LogP contribution is -2.81. The molecular weight excluding hydrogens is 270 g/mol. The summed E-state index contributed by atoms with van der Waals surface area (Å²) >= 11 is 0. The standard InChI is InChI=1S/C15H27N3O3/c1-12(2)17-10-15(11-17)9-16(14(19)8-20-3)6-13-7-21-5-4-18(13)15/h12-13H,4-11H2,1-3H3. The van der Waals surface area contributed by atoms with Gasteiger partial charge in [-0.2, -0.15) is 0 Å². The Morgan fingerprint density at radius 3 is 2.81 bits per heavy atom. The maximum atomic E-state index is 12.2. The van der Waals surface area contributed by atoms with Gasteiger partial charge in [0.2, 0.25) is 5.91 Å². The van der Waals surface area contributed by atoms with Crippen LogP contribution in [0.15, 0.2) is 0 Å². The number of fused-ring (bicyclic) bond motifs is 2. The Hall–Kier alpha value is -0.690. The summed E-state index contributed by atoms with van der Waals surface area (Å²) in [4.78, 5) is 19.3. The summed E-state index contributed by atoms with van der Waals surface area (Å²) in [6.07, 6.45) is 0. The number of methoxy groups -OCH3 is 1. The molecule has 0 aromatic rings. The average Bonchev–Trinajstić information content (AvgIpc) is 2.43. The van der Waals surface area contributed by atoms with Gasteiger partial charge in [-0.3, -0.25) is 14.6 Å². The number of likely N-dealkylation sites (tertiary alicyclic amines) is 1. The summed E-state index contributed by atoms with van der Waals surface area (Å²) in [7, 11) is 1.58. The van der Waals surface area contributed by atoms with Gasteiger partial charge in [0, 0.05) is 45.9 Å². The van der Waals surface area contributed by atoms with Crippen molar-refractivity contribution in [2.45, 2.75) is 31.5 Å². The molecule has 1 amide bonds. The smallest absolute Gasteiger partial charge is 0.248 e. The zero-order chi connectivity index (χ0) is 15.0. The van der Waals surface area contributed by atoms with Crippen LogP contribution in [0, 0.1) is 0 Å². The van der Waals surface area contributed by atoms with E-state index in [0.717, 1.165) is 45.9 Å². The maximum absolute atomic E-state index is 12.2. The van der Waals surface area contributed by atoms with Crippen molar-refractivity contribution in [3.8, 4) is 0 Å². The number of ether oxygens (including phenoxy) is 2. The molecule has 1 spiro atoms. The fourth-order valence-electron chi connectivity index (χ4n) is 3.96. The van der Waals surface area contributed by atoms with Crippen LogP contribution in [0.4, 0.5) is 0 Å². The quantitative estimate of drug-likeness (QED) is 0.712. The fourth-order valence-corrected chi connectivity index (χ4v) is 3.96. The molecule has 21 heavy (non-hydrogen) atoms. The van der Waals surface area contributed by atoms with Crippen LogP contribution >= 0.6 is 0 Å². The lowest BCUT2D eigenvalue weighted by atomic mass is 9.81. The normalized spacial score (nSPS) is 29.5. The van der Waals surface area contributed by atoms with E-state index in [-0.39, 0.29) is 18.1 Å². The first-order valence-corrected chi connectivity index (χ1v) is 7.91. The van der Waals surface area contributed by atoms with Crippen LogP contribution in [0.2, 0.25) is 0 Å². The molecule has 0 saturated carbocycles. The topological polar surface area (TPSA) is 45.2 Å². The number of carbonyl (C=O) groups excluding carboxylic acids is 1. The Morgan fingerprint density at radius 1 is 1.38 bits per heavy atom. The number of amides is 1. The van der Waals surface area contributed by atoms with Gasteiger partial charge in [-0.25, -0.2) is 0 Å². The minimum absolute atomic E-state index is 0.102. The van der Waals surface area contributed by atoms with E-state index in [1.807, 2.05) is 4.90 Å². The number of morpholine rings is 1. The Kier molecular flexibility index (Phi) is 4.23. The summed E-state index contributed by atoms with van der Waals surface area (Å²) in [5, 5.41) is 0. The lowest BCUT2D eigenvalue weighted by molar-refractivity contribution is -0.180. The average molecular weight is 297 g/mol. The number of rotatable bonds is 3. The van der Waals surface area contributed by atoms with Crippen molar-refractivity contribution >= 4 is 5.91 Å². The Labute approximate surface area is 126 Å². The third-order valence-corrected chi connectivity index (χ3v) is 5.10. The van der Waals surface area contributed by atoms with Gasteiger partial charge in [-0.1, -0.05) is 0 Å². The van der Waals surface area contributed by atoms with E-state index >= 15 is 0 Å². The minimum Gasteiger partial charge on any atom is -0.378 e. The molecule has 3 aliphatic rings. The number of hydrogen-bond donors (Lipinski definition) is 0. The van der Waals surface area contributed by atoms with Crippen LogP contribution in [0.1, 0.15) is 13.8 Å². The second-order valence-corrected chi connectivity index (χ2v) is 6.85. The zero-order valence-corrected chi connectivity index (χ0v) is 13.4. The number of carbonyl (C=O) groups is 1. The minimum atomic E-state index is 0.102. The van der Waals surface area contributed by atoms with Crippen LogP contribution in [0.5, 0.6) is 0 Å². The fraction of sp³-hybridized carbons (Fsp3) is 0.933. The lowest BCUT2D eigenvalue weighted by Gasteiger charge is -2.64. The van der Waals surface area contributed by atoms with E-state index < -0.39 is 0 Å². The summed E-state index contributed by atoms with van der Waals surface area (Å²) < 4.78 is 10.7. The van der Waals surface area contributed by atoms with E-state index in [1.165, 1.54) is 0 Å². The molecule has 3 heterocycles. The van der Waals surface area contributed by atoms with Crippen molar-refractivity contribution < 1.29 is 14.3 Å². The van der Waals surface area contributed by atoms with Gasteiger partial charge in [-0.05, 0) is 13.8 Å². The molecule has 0 aromatic heterocycles. The summed E-state index contributed by atoms with van der Waals surface area (Å²) in [6, 6.07) is 0.905. The highest BCUT2D eigenvalue weighted by atomic mass is 16.5. The highest BCUT2D eigenvalue weighted by molar-refractivity contribution is 5.77. The van der Waals surface area contributed by atoms with Crippen LogP contribution in [0.25, 0.3) is 0 Å². The molecule has 6 nitrogen and oxygen atoms in total. The Balaban J connectivity index is 1.74. The first-order valence-electron chi connectivity index (χ1n) is 7.91. The summed E-state index contributed by atoms with van der Waals surface area (Å²) in [5.74, 6) is 0.102. The van der Waals surface area contributed by atoms with Gasteiger partial charge in [0.05, 0.1) is 24.8 Å². The molecule has 6 heteroatoms. The largest absolute Gasteiger partial charge is 0.378 e. The van der Waals surface area contributed by atoms with E-state index in [4.69, 9.17) is 9.47 Å². The predicted molar refractivity (Wildman–Crippen MR) is 79.2 cm³/mol. The second-order valence-electron chi connectivity index (χ2n) is 6.85. The van der Waals surface area contributed by atoms with Crippen molar-refractivity contribution in [1.82, 2.24) is 14.7 Å². The van der Waals surface area contributed by atoms with Crippen molar-refractivity contribution in [1.29, 1.82) is 0 Å². The van der Waals surface area contributed by atoms with Crippen molar-refractivity contribution in [3.05, 3.63) is 0 Å². The van der Waals surface area contributed by atoms with Gasteiger partial charge < -0.3 is 14.4 Å². The molecule has 0 N–H and O–H groups in total. The summed E-state index contributed by atoms with van der Waals surface area (Å²) in [6.45, 7) is 10.9. The van der Waals surface area contributed by atoms with Crippen LogP contribution in [0.3, 0.4) is 0 Å². The van der Waals surface area contributed by atoms with Crippen LogP contribution in [-0.2, 0) is 14.3 Å². The molecule has 3 saturated heterocycles. The molecule has 1 atom stereocenters. The molecule has 0 bridgehead atoms. The van der Waals surface area contributed by atoms with E-state index in [2.05, 4.69) is 23.6 Å². The predicted octanol–water partition coefficient (Wildman–Crippen LogP) is -0.361. The van der Waals surface area contributed by atoms with Gasteiger partial charge >= 0.3 is 0 Å². The number of hydrogen-bond acceptors (Lipinski definition) is 5. The molecule has 1 unspecified atom stereocenters.